The molecule has 5 nitrogen and oxygen atoms in total. The summed E-state index contributed by atoms with van der Waals surface area (Å²) >= 11 is 0. The van der Waals surface area contributed by atoms with Gasteiger partial charge in [0, 0.05) is 11.4 Å². The topological polar surface area (TPSA) is 62.6 Å². The molecule has 0 radical (unpaired) electrons. The lowest BCUT2D eigenvalue weighted by molar-refractivity contribution is -0.885. The molecule has 0 aliphatic heterocycles. The van der Waals surface area contributed by atoms with Gasteiger partial charge in [-0.25, -0.2) is 0 Å². The molecule has 3 N–H and O–H groups in total. The molecule has 2 aromatic rings. The summed E-state index contributed by atoms with van der Waals surface area (Å²) in [7, 11) is 1.85. The number of quaternary nitrogens is 1. The van der Waals surface area contributed by atoms with Crippen LogP contribution in [0.25, 0.3) is 0 Å². The summed E-state index contributed by atoms with van der Waals surface area (Å²) in [6.07, 6.45) is 0. The molecule has 0 heterocycles. The minimum atomic E-state index is -0.349. The molecule has 5 heteroatoms. The number of aryl methyl sites for hydroxylation is 1. The normalized spacial score (nSPS) is 13.1. The molecule has 0 saturated heterocycles. The van der Waals surface area contributed by atoms with Crippen LogP contribution in [0.1, 0.15) is 37.8 Å². The van der Waals surface area contributed by atoms with Gasteiger partial charge in [-0.15, -0.1) is 0 Å². The van der Waals surface area contributed by atoms with Crippen LogP contribution in [0.15, 0.2) is 48.5 Å². The van der Waals surface area contributed by atoms with Crippen LogP contribution in [0.3, 0.4) is 0 Å². The zero-order valence-electron chi connectivity index (χ0n) is 16.8. The Bertz CT molecular complexity index is 767. The third kappa shape index (κ3) is 6.22. The summed E-state index contributed by atoms with van der Waals surface area (Å²) in [5, 5.41) is 5.80. The minimum Gasteiger partial charge on any atom is -0.321 e. The molecule has 0 bridgehead atoms. The van der Waals surface area contributed by atoms with Crippen molar-refractivity contribution in [1.82, 2.24) is 0 Å². The molecular weight excluding hydrogens is 338 g/mol. The maximum absolute atomic E-state index is 12.5. The van der Waals surface area contributed by atoms with Gasteiger partial charge >= 0.3 is 0 Å². The van der Waals surface area contributed by atoms with Crippen molar-refractivity contribution < 1.29 is 14.5 Å². The molecule has 2 rings (SSSR count). The third-order valence-corrected chi connectivity index (χ3v) is 4.75. The molecule has 144 valence electrons. The summed E-state index contributed by atoms with van der Waals surface area (Å²) in [6.45, 7) is 8.31. The molecule has 1 unspecified atom stereocenters. The van der Waals surface area contributed by atoms with Gasteiger partial charge in [-0.1, -0.05) is 43.7 Å². The smallest absolute Gasteiger partial charge is 0.282 e. The lowest BCUT2D eigenvalue weighted by Gasteiger charge is -2.20. The SMILES string of the molecule is Cc1ccc(NC(=O)C[NH+](C)[C@@H](C)C(=O)Nc2ccc(C(C)C)cc2)cc1. The van der Waals surface area contributed by atoms with Crippen molar-refractivity contribution >= 4 is 23.2 Å². The molecule has 27 heavy (non-hydrogen) atoms. The van der Waals surface area contributed by atoms with Crippen molar-refractivity contribution in [2.45, 2.75) is 39.7 Å². The second-order valence-electron chi connectivity index (χ2n) is 7.42. The number of likely N-dealkylation sites (N-methyl/N-ethyl adjacent to an activating group) is 1. The maximum Gasteiger partial charge on any atom is 0.282 e. The number of benzene rings is 2. The molecule has 2 aromatic carbocycles. The Morgan fingerprint density at radius 3 is 1.96 bits per heavy atom. The van der Waals surface area contributed by atoms with Gasteiger partial charge in [-0.2, -0.15) is 0 Å². The van der Waals surface area contributed by atoms with E-state index < -0.39 is 0 Å². The quantitative estimate of drug-likeness (QED) is 0.703. The minimum absolute atomic E-state index is 0.104. The van der Waals surface area contributed by atoms with Crippen molar-refractivity contribution in [2.24, 2.45) is 0 Å². The lowest BCUT2D eigenvalue weighted by atomic mass is 10.0. The van der Waals surface area contributed by atoms with E-state index in [4.69, 9.17) is 0 Å². The highest BCUT2D eigenvalue weighted by atomic mass is 16.2. The van der Waals surface area contributed by atoms with Crippen molar-refractivity contribution in [3.05, 3.63) is 59.7 Å². The highest BCUT2D eigenvalue weighted by Gasteiger charge is 2.24. The van der Waals surface area contributed by atoms with E-state index in [0.717, 1.165) is 21.8 Å². The first-order chi connectivity index (χ1) is 12.8. The summed E-state index contributed by atoms with van der Waals surface area (Å²) in [6, 6.07) is 15.2. The average molecular weight is 369 g/mol. The van der Waals surface area contributed by atoms with E-state index in [0.29, 0.717) is 5.92 Å². The average Bonchev–Trinajstić information content (AvgIpc) is 2.63. The Labute approximate surface area is 161 Å². The molecule has 0 aromatic heterocycles. The van der Waals surface area contributed by atoms with Crippen LogP contribution in [0.2, 0.25) is 0 Å². The highest BCUT2D eigenvalue weighted by molar-refractivity contribution is 5.94. The molecule has 0 spiro atoms. The Kier molecular flexibility index (Phi) is 7.13. The van der Waals surface area contributed by atoms with Crippen LogP contribution in [0.5, 0.6) is 0 Å². The van der Waals surface area contributed by atoms with Gasteiger partial charge in [-0.05, 0) is 49.6 Å². The zero-order chi connectivity index (χ0) is 20.0. The standard InChI is InChI=1S/C22H29N3O2/c1-15(2)18-8-12-20(13-9-18)24-22(27)17(4)25(5)14-21(26)23-19-10-6-16(3)7-11-19/h6-13,15,17H,14H2,1-5H3,(H,23,26)(H,24,27)/p+1/t17-/m0/s1. The van der Waals surface area contributed by atoms with Crippen molar-refractivity contribution in [1.29, 1.82) is 0 Å². The zero-order valence-corrected chi connectivity index (χ0v) is 16.8. The predicted molar refractivity (Wildman–Crippen MR) is 110 cm³/mol. The Hall–Kier alpha value is -2.66. The number of nitrogens with one attached hydrogen (secondary N) is 3. The number of anilines is 2. The van der Waals surface area contributed by atoms with E-state index >= 15 is 0 Å². The van der Waals surface area contributed by atoms with Gasteiger partial charge in [-0.3, -0.25) is 9.59 Å². The number of carbonyl (C=O) groups is 2. The summed E-state index contributed by atoms with van der Waals surface area (Å²) < 4.78 is 0. The summed E-state index contributed by atoms with van der Waals surface area (Å²) in [5.74, 6) is 0.238. The molecule has 0 aliphatic carbocycles. The maximum atomic E-state index is 12.5. The second kappa shape index (κ2) is 9.33. The van der Waals surface area contributed by atoms with Gasteiger partial charge in [0.2, 0.25) is 0 Å². The number of rotatable bonds is 7. The molecule has 2 atom stereocenters. The van der Waals surface area contributed by atoms with Crippen LogP contribution in [0, 0.1) is 6.92 Å². The van der Waals surface area contributed by atoms with Gasteiger partial charge in [0.05, 0.1) is 7.05 Å². The van der Waals surface area contributed by atoms with E-state index in [2.05, 4.69) is 24.5 Å². The van der Waals surface area contributed by atoms with Gasteiger partial charge in [0.25, 0.3) is 11.8 Å². The van der Waals surface area contributed by atoms with Crippen LogP contribution in [-0.4, -0.2) is 31.4 Å². The predicted octanol–water partition coefficient (Wildman–Crippen LogP) is 2.60. The van der Waals surface area contributed by atoms with Gasteiger partial charge in [0.15, 0.2) is 12.6 Å². The van der Waals surface area contributed by atoms with Crippen LogP contribution >= 0.6 is 0 Å². The fourth-order valence-electron chi connectivity index (χ4n) is 2.67. The Balaban J connectivity index is 1.87. The van der Waals surface area contributed by atoms with Gasteiger partial charge < -0.3 is 15.5 Å². The highest BCUT2D eigenvalue weighted by Crippen LogP contribution is 2.17. The van der Waals surface area contributed by atoms with Crippen LogP contribution in [0.4, 0.5) is 11.4 Å². The Morgan fingerprint density at radius 2 is 1.41 bits per heavy atom. The first-order valence-corrected chi connectivity index (χ1v) is 9.36. The first-order valence-electron chi connectivity index (χ1n) is 9.36. The molecule has 2 amide bonds. The Morgan fingerprint density at radius 1 is 0.889 bits per heavy atom. The van der Waals surface area contributed by atoms with E-state index in [1.54, 1.807) is 0 Å². The van der Waals surface area contributed by atoms with E-state index in [9.17, 15) is 9.59 Å². The molecule has 0 aliphatic rings. The van der Waals surface area contributed by atoms with Crippen LogP contribution < -0.4 is 15.5 Å². The summed E-state index contributed by atoms with van der Waals surface area (Å²) in [4.78, 5) is 25.5. The van der Waals surface area contributed by atoms with E-state index in [1.807, 2.05) is 69.4 Å². The number of hydrogen-bond donors (Lipinski definition) is 3. The molecule has 0 fully saturated rings. The van der Waals surface area contributed by atoms with Crippen molar-refractivity contribution in [2.75, 3.05) is 24.2 Å². The van der Waals surface area contributed by atoms with Gasteiger partial charge in [0.1, 0.15) is 0 Å². The first kappa shape index (κ1) is 20.6. The monoisotopic (exact) mass is 368 g/mol. The lowest BCUT2D eigenvalue weighted by Crippen LogP contribution is -3.14. The number of hydrogen-bond acceptors (Lipinski definition) is 2. The number of carbonyl (C=O) groups excluding carboxylic acids is 2. The fraction of sp³-hybridized carbons (Fsp3) is 0.364. The summed E-state index contributed by atoms with van der Waals surface area (Å²) in [5.41, 5.74) is 3.91. The molecular formula is C22H30N3O2+. The van der Waals surface area contributed by atoms with Crippen LogP contribution in [-0.2, 0) is 9.59 Å². The molecule has 0 saturated carbocycles. The third-order valence-electron chi connectivity index (χ3n) is 4.75. The largest absolute Gasteiger partial charge is 0.321 e. The van der Waals surface area contributed by atoms with Crippen molar-refractivity contribution in [3.63, 3.8) is 0 Å². The van der Waals surface area contributed by atoms with E-state index in [1.165, 1.54) is 5.56 Å². The van der Waals surface area contributed by atoms with E-state index in [-0.39, 0.29) is 24.4 Å². The number of amides is 2. The second-order valence-corrected chi connectivity index (χ2v) is 7.42. The van der Waals surface area contributed by atoms with Crippen molar-refractivity contribution in [3.8, 4) is 0 Å². The fourth-order valence-corrected chi connectivity index (χ4v) is 2.67.